The number of rotatable bonds is 8. The first-order chi connectivity index (χ1) is 12.7. The van der Waals surface area contributed by atoms with E-state index in [1.54, 1.807) is 11.8 Å². The summed E-state index contributed by atoms with van der Waals surface area (Å²) >= 11 is 8.06. The van der Waals surface area contributed by atoms with Crippen LogP contribution in [0.15, 0.2) is 40.5 Å². The van der Waals surface area contributed by atoms with E-state index in [1.165, 1.54) is 0 Å². The Morgan fingerprint density at radius 2 is 2.19 bits per heavy atom. The minimum Gasteiger partial charge on any atom is -0.376 e. The molecule has 5 nitrogen and oxygen atoms in total. The average Bonchev–Trinajstić information content (AvgIpc) is 3.26. The fourth-order valence-electron chi connectivity index (χ4n) is 3.09. The molecular formula is C19H25ClN4OS. The molecule has 2 heterocycles. The van der Waals surface area contributed by atoms with Crippen molar-refractivity contribution in [2.24, 2.45) is 0 Å². The van der Waals surface area contributed by atoms with Crippen molar-refractivity contribution in [2.45, 2.75) is 37.2 Å². The Morgan fingerprint density at radius 3 is 2.88 bits per heavy atom. The Morgan fingerprint density at radius 1 is 1.38 bits per heavy atom. The molecule has 0 spiro atoms. The molecule has 0 aliphatic carbocycles. The van der Waals surface area contributed by atoms with Crippen molar-refractivity contribution in [3.05, 3.63) is 46.8 Å². The maximum Gasteiger partial charge on any atom is 0.191 e. The summed E-state index contributed by atoms with van der Waals surface area (Å²) in [5.74, 6) is 0.955. The summed E-state index contributed by atoms with van der Waals surface area (Å²) in [6.07, 6.45) is 6.54. The Hall–Kier alpha value is -1.34. The number of hydrogen-bond acceptors (Lipinski definition) is 5. The second-order valence-corrected chi connectivity index (χ2v) is 7.78. The highest BCUT2D eigenvalue weighted by Gasteiger charge is 2.21. The lowest BCUT2D eigenvalue weighted by Gasteiger charge is -2.18. The van der Waals surface area contributed by atoms with Crippen molar-refractivity contribution in [1.29, 1.82) is 0 Å². The van der Waals surface area contributed by atoms with Crippen molar-refractivity contribution >= 4 is 29.4 Å². The van der Waals surface area contributed by atoms with Gasteiger partial charge in [0, 0.05) is 18.2 Å². The van der Waals surface area contributed by atoms with Crippen molar-refractivity contribution in [1.82, 2.24) is 19.7 Å². The van der Waals surface area contributed by atoms with E-state index in [4.69, 9.17) is 16.3 Å². The zero-order chi connectivity index (χ0) is 18.4. The van der Waals surface area contributed by atoms with Crippen molar-refractivity contribution in [3.8, 4) is 0 Å². The van der Waals surface area contributed by atoms with E-state index in [0.29, 0.717) is 13.1 Å². The van der Waals surface area contributed by atoms with Crippen molar-refractivity contribution in [3.63, 3.8) is 0 Å². The molecule has 1 aliphatic heterocycles. The van der Waals surface area contributed by atoms with Crippen LogP contribution in [0, 0.1) is 0 Å². The second-order valence-electron chi connectivity index (χ2n) is 6.52. The summed E-state index contributed by atoms with van der Waals surface area (Å²) in [4.78, 5) is 2.15. The highest BCUT2D eigenvalue weighted by atomic mass is 35.5. The SMILES string of the molecule is CSc1nnc(CN(C)C/C(Cl)=C/c2ccccc2)n1C[C@@H]1CCCO1. The molecule has 0 N–H and O–H groups in total. The number of hydrogen-bond donors (Lipinski definition) is 0. The van der Waals surface area contributed by atoms with Crippen LogP contribution in [-0.4, -0.2) is 52.2 Å². The van der Waals surface area contributed by atoms with E-state index in [0.717, 1.165) is 47.6 Å². The molecule has 1 aromatic heterocycles. The molecule has 1 fully saturated rings. The third-order valence-electron chi connectivity index (χ3n) is 4.34. The van der Waals surface area contributed by atoms with Crippen LogP contribution in [0.2, 0.25) is 0 Å². The van der Waals surface area contributed by atoms with Crippen LogP contribution in [0.5, 0.6) is 0 Å². The van der Waals surface area contributed by atoms with Crippen LogP contribution in [0.3, 0.4) is 0 Å². The van der Waals surface area contributed by atoms with Gasteiger partial charge in [0.1, 0.15) is 5.82 Å². The summed E-state index contributed by atoms with van der Waals surface area (Å²) in [6.45, 7) is 3.04. The van der Waals surface area contributed by atoms with Gasteiger partial charge in [-0.15, -0.1) is 10.2 Å². The van der Waals surface area contributed by atoms with Crippen LogP contribution in [0.1, 0.15) is 24.2 Å². The zero-order valence-corrected chi connectivity index (χ0v) is 16.8. The zero-order valence-electron chi connectivity index (χ0n) is 15.3. The summed E-state index contributed by atoms with van der Waals surface area (Å²) in [5, 5.41) is 10.5. The lowest BCUT2D eigenvalue weighted by atomic mass is 10.2. The number of halogens is 1. The van der Waals surface area contributed by atoms with E-state index < -0.39 is 0 Å². The first-order valence-electron chi connectivity index (χ1n) is 8.83. The molecule has 1 aromatic carbocycles. The molecule has 7 heteroatoms. The highest BCUT2D eigenvalue weighted by Crippen LogP contribution is 2.21. The molecule has 2 aromatic rings. The minimum atomic E-state index is 0.266. The van der Waals surface area contributed by atoms with Crippen molar-refractivity contribution in [2.75, 3.05) is 26.5 Å². The number of aromatic nitrogens is 3. The molecule has 0 amide bonds. The molecule has 1 saturated heterocycles. The fourth-order valence-corrected chi connectivity index (χ4v) is 3.95. The van der Waals surface area contributed by atoms with Crippen LogP contribution < -0.4 is 0 Å². The topological polar surface area (TPSA) is 43.2 Å². The smallest absolute Gasteiger partial charge is 0.191 e. The fraction of sp³-hybridized carbons (Fsp3) is 0.474. The second kappa shape index (κ2) is 9.55. The van der Waals surface area contributed by atoms with Gasteiger partial charge in [-0.1, -0.05) is 53.7 Å². The molecule has 0 unspecified atom stereocenters. The van der Waals surface area contributed by atoms with Gasteiger partial charge in [-0.05, 0) is 37.8 Å². The maximum absolute atomic E-state index is 6.44. The lowest BCUT2D eigenvalue weighted by Crippen LogP contribution is -2.24. The van der Waals surface area contributed by atoms with Crippen LogP contribution in [0.4, 0.5) is 0 Å². The van der Waals surface area contributed by atoms with Gasteiger partial charge in [-0.25, -0.2) is 0 Å². The summed E-state index contributed by atoms with van der Waals surface area (Å²) in [6, 6.07) is 10.1. The van der Waals surface area contributed by atoms with Gasteiger partial charge in [0.2, 0.25) is 0 Å². The standard InChI is InChI=1S/C19H25ClN4OS/c1-23(12-16(20)11-15-7-4-3-5-8-15)14-18-21-22-19(26-2)24(18)13-17-9-6-10-25-17/h3-5,7-8,11,17H,6,9-10,12-14H2,1-2H3/b16-11-/t17-/m0/s1. The van der Waals surface area contributed by atoms with Crippen LogP contribution >= 0.6 is 23.4 Å². The van der Waals surface area contributed by atoms with E-state index >= 15 is 0 Å². The lowest BCUT2D eigenvalue weighted by molar-refractivity contribution is 0.0935. The molecule has 0 saturated carbocycles. The van der Waals surface area contributed by atoms with E-state index in [9.17, 15) is 0 Å². The number of ether oxygens (including phenoxy) is 1. The number of likely N-dealkylation sites (N-methyl/N-ethyl adjacent to an activating group) is 1. The number of nitrogens with zero attached hydrogens (tertiary/aromatic N) is 4. The Balaban J connectivity index is 1.64. The molecule has 1 aliphatic rings. The van der Waals surface area contributed by atoms with Gasteiger partial charge < -0.3 is 9.30 Å². The molecular weight excluding hydrogens is 368 g/mol. The van der Waals surface area contributed by atoms with Gasteiger partial charge in [0.05, 0.1) is 19.2 Å². The van der Waals surface area contributed by atoms with Crippen LogP contribution in [0.25, 0.3) is 6.08 Å². The minimum absolute atomic E-state index is 0.266. The molecule has 1 atom stereocenters. The largest absolute Gasteiger partial charge is 0.376 e. The summed E-state index contributed by atoms with van der Waals surface area (Å²) in [5.41, 5.74) is 1.11. The molecule has 0 radical (unpaired) electrons. The Bertz CT molecular complexity index is 728. The molecule has 3 rings (SSSR count). The first kappa shape index (κ1) is 19.4. The Labute approximate surface area is 164 Å². The first-order valence-corrected chi connectivity index (χ1v) is 10.4. The third-order valence-corrected chi connectivity index (χ3v) is 5.24. The molecule has 0 bridgehead atoms. The predicted octanol–water partition coefficient (Wildman–Crippen LogP) is 3.89. The summed E-state index contributed by atoms with van der Waals surface area (Å²) in [7, 11) is 2.05. The Kier molecular flexibility index (Phi) is 7.14. The van der Waals surface area contributed by atoms with E-state index in [1.807, 2.05) is 49.7 Å². The quantitative estimate of drug-likeness (QED) is 0.637. The van der Waals surface area contributed by atoms with E-state index in [2.05, 4.69) is 19.7 Å². The summed E-state index contributed by atoms with van der Waals surface area (Å²) < 4.78 is 7.97. The van der Waals surface area contributed by atoms with Gasteiger partial charge in [-0.2, -0.15) is 0 Å². The maximum atomic E-state index is 6.44. The van der Waals surface area contributed by atoms with Crippen LogP contribution in [-0.2, 0) is 17.8 Å². The highest BCUT2D eigenvalue weighted by molar-refractivity contribution is 7.98. The molecule has 140 valence electrons. The number of thioether (sulfide) groups is 1. The normalized spacial score (nSPS) is 18.0. The van der Waals surface area contributed by atoms with Gasteiger partial charge in [0.15, 0.2) is 5.16 Å². The van der Waals surface area contributed by atoms with E-state index in [-0.39, 0.29) is 6.10 Å². The monoisotopic (exact) mass is 392 g/mol. The van der Waals surface area contributed by atoms with Gasteiger partial charge in [-0.3, -0.25) is 4.90 Å². The van der Waals surface area contributed by atoms with Gasteiger partial charge in [0.25, 0.3) is 0 Å². The van der Waals surface area contributed by atoms with Crippen molar-refractivity contribution < 1.29 is 4.74 Å². The average molecular weight is 393 g/mol. The van der Waals surface area contributed by atoms with Gasteiger partial charge >= 0.3 is 0 Å². The predicted molar refractivity (Wildman–Crippen MR) is 107 cm³/mol. The molecule has 26 heavy (non-hydrogen) atoms. The number of benzene rings is 1. The third kappa shape index (κ3) is 5.33.